The standard InChI is InChI=1S/C35H58N6O6S/c1-34(2,3)26(20-40(4)48(5)47)38-33(46)39-27(22-12-7-6-8-13-22)32(45)41-19-24-23(14-15-35(24)16-17-35)28(41)31(44)37-25(29(42)30(36)43)18-21-10-9-11-21/h21-28H,6-20H2,1-5H3,(H2,36,43)(H,37,44)(H2,38,39,46)/t23-,24-,25?,26+,27-,28-,48?/m0/s1. The molecule has 1 saturated heterocycles. The fraction of sp³-hybridized carbons (Fsp3) is 0.857. The molecule has 5 aliphatic rings. The summed E-state index contributed by atoms with van der Waals surface area (Å²) < 4.78 is 13.8. The normalized spacial score (nSPS) is 27.8. The molecule has 2 unspecified atom stereocenters. The van der Waals surface area contributed by atoms with Crippen molar-refractivity contribution in [2.45, 2.75) is 128 Å². The molecular weight excluding hydrogens is 632 g/mol. The molecule has 13 heteroatoms. The number of nitrogens with two attached hydrogens (primary N) is 1. The Labute approximate surface area is 289 Å². The first-order valence-electron chi connectivity index (χ1n) is 18.2. The van der Waals surface area contributed by atoms with Gasteiger partial charge in [0.2, 0.25) is 17.6 Å². The van der Waals surface area contributed by atoms with Crippen LogP contribution in [0, 0.1) is 34.5 Å². The third kappa shape index (κ3) is 8.15. The van der Waals surface area contributed by atoms with Crippen LogP contribution < -0.4 is 21.7 Å². The summed E-state index contributed by atoms with van der Waals surface area (Å²) in [4.78, 5) is 69.3. The van der Waals surface area contributed by atoms with E-state index in [4.69, 9.17) is 5.73 Å². The number of hydrogen-bond donors (Lipinski definition) is 4. The smallest absolute Gasteiger partial charge is 0.315 e. The van der Waals surface area contributed by atoms with E-state index >= 15 is 0 Å². The molecule has 7 atom stereocenters. The average Bonchev–Trinajstić information content (AvgIpc) is 3.58. The predicted octanol–water partition coefficient (Wildman–Crippen LogP) is 2.62. The zero-order chi connectivity index (χ0) is 35.0. The number of urea groups is 1. The number of rotatable bonds is 13. The molecule has 0 aromatic carbocycles. The summed E-state index contributed by atoms with van der Waals surface area (Å²) in [7, 11) is 1.75. The van der Waals surface area contributed by atoms with Gasteiger partial charge in [0.05, 0.1) is 18.6 Å². The minimum absolute atomic E-state index is 0.0407. The van der Waals surface area contributed by atoms with Crippen LogP contribution in [0.1, 0.15) is 104 Å². The number of likely N-dealkylation sites (tertiary alicyclic amines) is 1. The van der Waals surface area contributed by atoms with Gasteiger partial charge in [0, 0.05) is 25.0 Å². The van der Waals surface area contributed by atoms with E-state index in [0.717, 1.165) is 77.0 Å². The Morgan fingerprint density at radius 2 is 1.62 bits per heavy atom. The molecule has 0 bridgehead atoms. The molecule has 5 fully saturated rings. The van der Waals surface area contributed by atoms with Crippen LogP contribution in [0.15, 0.2) is 0 Å². The van der Waals surface area contributed by atoms with Crippen LogP contribution in [0.5, 0.6) is 0 Å². The quantitative estimate of drug-likeness (QED) is 0.170. The number of primary amides is 1. The molecule has 5 amide bonds. The number of amides is 5. The van der Waals surface area contributed by atoms with E-state index in [2.05, 4.69) is 16.0 Å². The summed E-state index contributed by atoms with van der Waals surface area (Å²) in [6, 6.07) is -3.40. The van der Waals surface area contributed by atoms with Crippen LogP contribution in [0.25, 0.3) is 0 Å². The third-order valence-corrected chi connectivity index (χ3v) is 13.5. The minimum Gasteiger partial charge on any atom is -0.598 e. The molecule has 270 valence electrons. The number of nitrogens with zero attached hydrogens (tertiary/aromatic N) is 2. The van der Waals surface area contributed by atoms with Crippen LogP contribution in [-0.2, 0) is 30.5 Å². The SMILES string of the molecule is CN(C[C@@H](NC(=O)N[C@H](C(=O)N1C[C@H]2[C@H](CCC23CC3)[C@H]1C(=O)NC(CC1CCC1)C(=O)C(N)=O)C1CCCCC1)C(C)(C)C)[S+](C)[O-]. The summed E-state index contributed by atoms with van der Waals surface area (Å²) in [6.07, 6.45) is 13.5. The molecule has 0 aromatic heterocycles. The number of Topliss-reactive ketones (excluding diaryl/α,β-unsaturated/α-hetero) is 1. The van der Waals surface area contributed by atoms with Gasteiger partial charge >= 0.3 is 6.03 Å². The lowest BCUT2D eigenvalue weighted by molar-refractivity contribution is -0.144. The molecule has 5 N–H and O–H groups in total. The van der Waals surface area contributed by atoms with E-state index < -0.39 is 53.1 Å². The van der Waals surface area contributed by atoms with Gasteiger partial charge in [-0.25, -0.2) is 4.79 Å². The van der Waals surface area contributed by atoms with Gasteiger partial charge in [-0.3, -0.25) is 19.2 Å². The Hall–Kier alpha value is -2.38. The van der Waals surface area contributed by atoms with Gasteiger partial charge in [0.15, 0.2) is 0 Å². The van der Waals surface area contributed by atoms with Gasteiger partial charge in [0.25, 0.3) is 5.91 Å². The van der Waals surface area contributed by atoms with Gasteiger partial charge in [-0.15, -0.1) is 4.31 Å². The largest absolute Gasteiger partial charge is 0.598 e. The van der Waals surface area contributed by atoms with Gasteiger partial charge in [-0.1, -0.05) is 59.3 Å². The molecule has 0 aromatic rings. The monoisotopic (exact) mass is 690 g/mol. The van der Waals surface area contributed by atoms with Crippen LogP contribution in [0.4, 0.5) is 4.79 Å². The Kier molecular flexibility index (Phi) is 11.4. The van der Waals surface area contributed by atoms with Crippen molar-refractivity contribution in [3.8, 4) is 0 Å². The van der Waals surface area contributed by atoms with Crippen molar-refractivity contribution in [3.05, 3.63) is 0 Å². The maximum Gasteiger partial charge on any atom is 0.315 e. The molecule has 4 aliphatic carbocycles. The first-order valence-corrected chi connectivity index (χ1v) is 19.7. The highest BCUT2D eigenvalue weighted by molar-refractivity contribution is 7.88. The number of fused-ring (bicyclic) bond motifs is 2. The highest BCUT2D eigenvalue weighted by Crippen LogP contribution is 2.66. The number of hydrogen-bond acceptors (Lipinski definition) is 7. The second kappa shape index (κ2) is 14.8. The number of carbonyl (C=O) groups excluding carboxylic acids is 5. The molecule has 4 saturated carbocycles. The van der Waals surface area contributed by atoms with Crippen molar-refractivity contribution >= 4 is 40.9 Å². The number of likely N-dealkylation sites (N-methyl/N-ethyl adjacent to an activating group) is 1. The summed E-state index contributed by atoms with van der Waals surface area (Å²) in [6.45, 7) is 6.84. The maximum absolute atomic E-state index is 14.8. The van der Waals surface area contributed by atoms with Gasteiger partial charge < -0.3 is 31.1 Å². The lowest BCUT2D eigenvalue weighted by Gasteiger charge is -2.37. The van der Waals surface area contributed by atoms with Crippen molar-refractivity contribution in [1.29, 1.82) is 0 Å². The van der Waals surface area contributed by atoms with E-state index in [9.17, 15) is 28.5 Å². The van der Waals surface area contributed by atoms with Gasteiger partial charge in [-0.2, -0.15) is 0 Å². The van der Waals surface area contributed by atoms with Crippen LogP contribution in [-0.4, -0.2) is 93.9 Å². The number of ketones is 1. The van der Waals surface area contributed by atoms with Gasteiger partial charge in [-0.05, 0) is 79.4 Å². The van der Waals surface area contributed by atoms with Crippen molar-refractivity contribution < 1.29 is 28.5 Å². The van der Waals surface area contributed by atoms with E-state index in [-0.39, 0.29) is 46.5 Å². The fourth-order valence-corrected chi connectivity index (χ4v) is 9.25. The van der Waals surface area contributed by atoms with E-state index in [1.807, 2.05) is 20.8 Å². The molecule has 1 heterocycles. The highest BCUT2D eigenvalue weighted by Gasteiger charge is 2.64. The minimum atomic E-state index is -1.21. The van der Waals surface area contributed by atoms with E-state index in [1.54, 1.807) is 22.5 Å². The van der Waals surface area contributed by atoms with Crippen molar-refractivity contribution in [3.63, 3.8) is 0 Å². The average molecular weight is 691 g/mol. The lowest BCUT2D eigenvalue weighted by Crippen LogP contribution is -2.61. The highest BCUT2D eigenvalue weighted by atomic mass is 32.2. The summed E-state index contributed by atoms with van der Waals surface area (Å²) in [5.74, 6) is -2.18. The van der Waals surface area contributed by atoms with Gasteiger partial charge in [0.1, 0.15) is 18.3 Å². The Morgan fingerprint density at radius 1 is 0.958 bits per heavy atom. The number of carbonyl (C=O) groups is 5. The van der Waals surface area contributed by atoms with Crippen molar-refractivity contribution in [1.82, 2.24) is 25.2 Å². The molecule has 1 aliphatic heterocycles. The lowest BCUT2D eigenvalue weighted by atomic mass is 9.80. The summed E-state index contributed by atoms with van der Waals surface area (Å²) >= 11 is -1.21. The van der Waals surface area contributed by atoms with Crippen molar-refractivity contribution in [2.75, 3.05) is 26.4 Å². The zero-order valence-corrected chi connectivity index (χ0v) is 30.4. The van der Waals surface area contributed by atoms with Crippen LogP contribution in [0.2, 0.25) is 0 Å². The molecule has 0 radical (unpaired) electrons. The maximum atomic E-state index is 14.8. The summed E-state index contributed by atoms with van der Waals surface area (Å²) in [5.41, 5.74) is 5.22. The molecule has 48 heavy (non-hydrogen) atoms. The Balaban J connectivity index is 1.38. The number of nitrogens with one attached hydrogen (secondary N) is 3. The van der Waals surface area contributed by atoms with E-state index in [0.29, 0.717) is 19.5 Å². The zero-order valence-electron chi connectivity index (χ0n) is 29.6. The summed E-state index contributed by atoms with van der Waals surface area (Å²) in [5, 5.41) is 9.04. The van der Waals surface area contributed by atoms with Crippen molar-refractivity contribution in [2.24, 2.45) is 40.2 Å². The molecular formula is C35H58N6O6S. The molecule has 12 nitrogen and oxygen atoms in total. The first-order chi connectivity index (χ1) is 22.6. The second-order valence-electron chi connectivity index (χ2n) is 16.6. The van der Waals surface area contributed by atoms with Crippen LogP contribution >= 0.6 is 0 Å². The second-order valence-corrected chi connectivity index (χ2v) is 18.0. The Morgan fingerprint density at radius 3 is 2.17 bits per heavy atom. The topological polar surface area (TPSA) is 177 Å². The van der Waals surface area contributed by atoms with Crippen LogP contribution in [0.3, 0.4) is 0 Å². The predicted molar refractivity (Wildman–Crippen MR) is 183 cm³/mol. The van der Waals surface area contributed by atoms with E-state index in [1.165, 1.54) is 0 Å². The Bertz CT molecular complexity index is 1230. The molecule has 1 spiro atoms. The fourth-order valence-electron chi connectivity index (χ4n) is 8.89. The third-order valence-electron chi connectivity index (χ3n) is 12.4. The molecule has 5 rings (SSSR count). The first kappa shape index (κ1) is 36.9.